The smallest absolute Gasteiger partial charge is 0.253 e. The highest BCUT2D eigenvalue weighted by atomic mass is 32.2. The van der Waals surface area contributed by atoms with Crippen molar-refractivity contribution in [1.29, 1.82) is 0 Å². The van der Waals surface area contributed by atoms with E-state index in [2.05, 4.69) is 6.92 Å². The second-order valence-electron chi connectivity index (χ2n) is 7.12. The molecule has 1 aliphatic heterocycles. The minimum Gasteiger partial charge on any atom is -0.339 e. The summed E-state index contributed by atoms with van der Waals surface area (Å²) in [5, 5.41) is 0. The Bertz CT molecular complexity index is 709. The molecule has 2 fully saturated rings. The van der Waals surface area contributed by atoms with Crippen LogP contribution in [-0.2, 0) is 10.0 Å². The molecule has 3 rings (SSSR count). The molecule has 132 valence electrons. The SMILES string of the molecule is CC1CCC(N(C)C(=O)c2cccc(N3CCCS3(=O)=O)c2)CC1. The Morgan fingerprint density at radius 2 is 1.92 bits per heavy atom. The number of carbonyl (C=O) groups excluding carboxylic acids is 1. The Kier molecular flexibility index (Phi) is 4.85. The first kappa shape index (κ1) is 17.3. The van der Waals surface area contributed by atoms with Gasteiger partial charge in [-0.15, -0.1) is 0 Å². The fraction of sp³-hybridized carbons (Fsp3) is 0.611. The van der Waals surface area contributed by atoms with Crippen LogP contribution in [0, 0.1) is 5.92 Å². The van der Waals surface area contributed by atoms with Crippen LogP contribution in [0.4, 0.5) is 5.69 Å². The van der Waals surface area contributed by atoms with Gasteiger partial charge >= 0.3 is 0 Å². The van der Waals surface area contributed by atoms with Crippen molar-refractivity contribution in [3.05, 3.63) is 29.8 Å². The number of nitrogens with zero attached hydrogens (tertiary/aromatic N) is 2. The van der Waals surface area contributed by atoms with Crippen LogP contribution in [0.15, 0.2) is 24.3 Å². The number of hydrogen-bond acceptors (Lipinski definition) is 3. The Hall–Kier alpha value is -1.56. The Labute approximate surface area is 144 Å². The maximum Gasteiger partial charge on any atom is 0.253 e. The summed E-state index contributed by atoms with van der Waals surface area (Å²) < 4.78 is 25.6. The van der Waals surface area contributed by atoms with E-state index in [1.165, 1.54) is 4.31 Å². The highest BCUT2D eigenvalue weighted by Crippen LogP contribution is 2.29. The summed E-state index contributed by atoms with van der Waals surface area (Å²) in [6.45, 7) is 2.76. The molecule has 0 aromatic heterocycles. The summed E-state index contributed by atoms with van der Waals surface area (Å²) in [6, 6.07) is 7.31. The fourth-order valence-corrected chi connectivity index (χ4v) is 5.28. The highest BCUT2D eigenvalue weighted by Gasteiger charge is 2.30. The number of amides is 1. The predicted molar refractivity (Wildman–Crippen MR) is 95.7 cm³/mol. The summed E-state index contributed by atoms with van der Waals surface area (Å²) in [5.74, 6) is 0.909. The van der Waals surface area contributed by atoms with E-state index in [1.54, 1.807) is 24.3 Å². The highest BCUT2D eigenvalue weighted by molar-refractivity contribution is 7.93. The van der Waals surface area contributed by atoms with Gasteiger partial charge in [-0.2, -0.15) is 0 Å². The van der Waals surface area contributed by atoms with E-state index >= 15 is 0 Å². The molecule has 0 bridgehead atoms. The molecule has 1 heterocycles. The second kappa shape index (κ2) is 6.75. The molecule has 5 nitrogen and oxygen atoms in total. The van der Waals surface area contributed by atoms with Crippen LogP contribution in [0.25, 0.3) is 0 Å². The molecule has 0 atom stereocenters. The minimum absolute atomic E-state index is 0.0204. The lowest BCUT2D eigenvalue weighted by Gasteiger charge is -2.33. The molecule has 1 amide bonds. The first-order valence-electron chi connectivity index (χ1n) is 8.76. The molecule has 1 saturated heterocycles. The van der Waals surface area contributed by atoms with Crippen molar-refractivity contribution in [1.82, 2.24) is 4.90 Å². The van der Waals surface area contributed by atoms with Gasteiger partial charge in [0.2, 0.25) is 10.0 Å². The molecule has 1 saturated carbocycles. The van der Waals surface area contributed by atoms with Crippen molar-refractivity contribution in [2.24, 2.45) is 5.92 Å². The van der Waals surface area contributed by atoms with Gasteiger partial charge in [0.15, 0.2) is 0 Å². The average Bonchev–Trinajstić information content (AvgIpc) is 2.93. The lowest BCUT2D eigenvalue weighted by Crippen LogP contribution is -2.39. The molecule has 1 aromatic rings. The summed E-state index contributed by atoms with van der Waals surface area (Å²) >= 11 is 0. The second-order valence-corrected chi connectivity index (χ2v) is 9.13. The van der Waals surface area contributed by atoms with Crippen molar-refractivity contribution >= 4 is 21.6 Å². The number of benzene rings is 1. The number of hydrogen-bond donors (Lipinski definition) is 0. The van der Waals surface area contributed by atoms with E-state index in [0.29, 0.717) is 24.2 Å². The molecule has 0 N–H and O–H groups in total. The molecular weight excluding hydrogens is 324 g/mol. The number of anilines is 1. The van der Waals surface area contributed by atoms with Gasteiger partial charge in [0.25, 0.3) is 5.91 Å². The zero-order chi connectivity index (χ0) is 17.3. The van der Waals surface area contributed by atoms with E-state index in [9.17, 15) is 13.2 Å². The minimum atomic E-state index is -3.22. The van der Waals surface area contributed by atoms with Crippen LogP contribution in [-0.4, -0.2) is 44.6 Å². The molecule has 2 aliphatic rings. The summed E-state index contributed by atoms with van der Waals surface area (Å²) in [6.07, 6.45) is 5.05. The van der Waals surface area contributed by atoms with Gasteiger partial charge in [-0.05, 0) is 56.2 Å². The van der Waals surface area contributed by atoms with Crippen LogP contribution in [0.5, 0.6) is 0 Å². The molecule has 1 aromatic carbocycles. The average molecular weight is 350 g/mol. The largest absolute Gasteiger partial charge is 0.339 e. The molecule has 0 spiro atoms. The Morgan fingerprint density at radius 3 is 2.54 bits per heavy atom. The number of sulfonamides is 1. The zero-order valence-electron chi connectivity index (χ0n) is 14.4. The number of carbonyl (C=O) groups is 1. The zero-order valence-corrected chi connectivity index (χ0v) is 15.3. The first-order chi connectivity index (χ1) is 11.4. The van der Waals surface area contributed by atoms with Crippen LogP contribution in [0.1, 0.15) is 49.4 Å². The van der Waals surface area contributed by atoms with E-state index < -0.39 is 10.0 Å². The van der Waals surface area contributed by atoms with E-state index in [4.69, 9.17) is 0 Å². The Morgan fingerprint density at radius 1 is 1.21 bits per heavy atom. The topological polar surface area (TPSA) is 57.7 Å². The van der Waals surface area contributed by atoms with Crippen molar-refractivity contribution < 1.29 is 13.2 Å². The van der Waals surface area contributed by atoms with E-state index in [1.807, 2.05) is 11.9 Å². The maximum atomic E-state index is 12.8. The third-order valence-corrected chi connectivity index (χ3v) is 7.20. The molecule has 6 heteroatoms. The lowest BCUT2D eigenvalue weighted by molar-refractivity contribution is 0.0679. The van der Waals surface area contributed by atoms with Crippen molar-refractivity contribution in [3.8, 4) is 0 Å². The molecule has 1 aliphatic carbocycles. The number of rotatable bonds is 3. The lowest BCUT2D eigenvalue weighted by atomic mass is 9.86. The standard InChI is InChI=1S/C18H26N2O3S/c1-14-7-9-16(10-8-14)19(2)18(21)15-5-3-6-17(13-15)20-11-4-12-24(20,22)23/h3,5-6,13-14,16H,4,7-12H2,1-2H3. The summed E-state index contributed by atoms with van der Waals surface area (Å²) in [5.41, 5.74) is 1.17. The van der Waals surface area contributed by atoms with Crippen molar-refractivity contribution in [3.63, 3.8) is 0 Å². The molecule has 0 unspecified atom stereocenters. The predicted octanol–water partition coefficient (Wildman–Crippen LogP) is 2.88. The van der Waals surface area contributed by atoms with Gasteiger partial charge in [0, 0.05) is 25.2 Å². The molecule has 0 radical (unpaired) electrons. The monoisotopic (exact) mass is 350 g/mol. The molecule has 24 heavy (non-hydrogen) atoms. The van der Waals surface area contributed by atoms with Gasteiger partial charge < -0.3 is 4.90 Å². The fourth-order valence-electron chi connectivity index (χ4n) is 3.72. The van der Waals surface area contributed by atoms with Gasteiger partial charge in [-0.3, -0.25) is 9.10 Å². The van der Waals surface area contributed by atoms with Crippen LogP contribution in [0.2, 0.25) is 0 Å². The van der Waals surface area contributed by atoms with Crippen LogP contribution in [0.3, 0.4) is 0 Å². The summed E-state index contributed by atoms with van der Waals surface area (Å²) in [4.78, 5) is 14.6. The van der Waals surface area contributed by atoms with Crippen LogP contribution >= 0.6 is 0 Å². The summed E-state index contributed by atoms with van der Waals surface area (Å²) in [7, 11) is -1.36. The third kappa shape index (κ3) is 3.43. The van der Waals surface area contributed by atoms with E-state index in [-0.39, 0.29) is 17.7 Å². The van der Waals surface area contributed by atoms with Crippen molar-refractivity contribution in [2.45, 2.75) is 45.1 Å². The quantitative estimate of drug-likeness (QED) is 0.842. The van der Waals surface area contributed by atoms with Crippen molar-refractivity contribution in [2.75, 3.05) is 23.7 Å². The van der Waals surface area contributed by atoms with Gasteiger partial charge in [0.1, 0.15) is 0 Å². The van der Waals surface area contributed by atoms with E-state index in [0.717, 1.165) is 31.6 Å². The van der Waals surface area contributed by atoms with Crippen LogP contribution < -0.4 is 4.31 Å². The van der Waals surface area contributed by atoms with Gasteiger partial charge in [0.05, 0.1) is 11.4 Å². The normalized spacial score (nSPS) is 26.3. The van der Waals surface area contributed by atoms with Gasteiger partial charge in [-0.25, -0.2) is 8.42 Å². The van der Waals surface area contributed by atoms with Gasteiger partial charge in [-0.1, -0.05) is 13.0 Å². The molecular formula is C18H26N2O3S. The Balaban J connectivity index is 1.77. The first-order valence-corrected chi connectivity index (χ1v) is 10.4. The third-order valence-electron chi connectivity index (χ3n) is 5.33. The maximum absolute atomic E-state index is 12.8.